The van der Waals surface area contributed by atoms with Crippen molar-refractivity contribution < 1.29 is 23.7 Å². The highest BCUT2D eigenvalue weighted by atomic mass is 16.7. The molecule has 1 atom stereocenters. The molecule has 3 rings (SSSR count). The van der Waals surface area contributed by atoms with Crippen molar-refractivity contribution in [2.45, 2.75) is 12.3 Å². The van der Waals surface area contributed by atoms with Gasteiger partial charge in [0.25, 0.3) is 0 Å². The number of benzene rings is 2. The lowest BCUT2D eigenvalue weighted by atomic mass is 9.92. The second kappa shape index (κ2) is 7.14. The average molecular weight is 339 g/mol. The number of Topliss-reactive ketones (excluding diaryl/α,β-unsaturated/α-hetero) is 1. The molecule has 128 valence electrons. The van der Waals surface area contributed by atoms with Crippen molar-refractivity contribution in [3.63, 3.8) is 0 Å². The number of nitriles is 1. The number of ether oxygens (including phenoxy) is 4. The zero-order valence-electron chi connectivity index (χ0n) is 13.9. The molecule has 6 heteroatoms. The van der Waals surface area contributed by atoms with E-state index in [4.69, 9.17) is 18.9 Å². The molecule has 0 aliphatic carbocycles. The second-order valence-corrected chi connectivity index (χ2v) is 5.49. The quantitative estimate of drug-likeness (QED) is 0.751. The van der Waals surface area contributed by atoms with Gasteiger partial charge in [-0.1, -0.05) is 6.07 Å². The lowest BCUT2D eigenvalue weighted by molar-refractivity contribution is 0.0978. The van der Waals surface area contributed by atoms with E-state index in [0.29, 0.717) is 34.1 Å². The molecule has 0 unspecified atom stereocenters. The summed E-state index contributed by atoms with van der Waals surface area (Å²) in [5, 5.41) is 9.50. The first-order valence-corrected chi connectivity index (χ1v) is 7.70. The van der Waals surface area contributed by atoms with Gasteiger partial charge >= 0.3 is 0 Å². The first kappa shape index (κ1) is 16.7. The normalized spacial score (nSPS) is 13.0. The van der Waals surface area contributed by atoms with Gasteiger partial charge < -0.3 is 18.9 Å². The largest absolute Gasteiger partial charge is 0.493 e. The number of carbonyl (C=O) groups is 1. The van der Waals surface area contributed by atoms with Crippen molar-refractivity contribution in [1.29, 1.82) is 5.26 Å². The Morgan fingerprint density at radius 1 is 1.12 bits per heavy atom. The number of fused-ring (bicyclic) bond motifs is 1. The zero-order chi connectivity index (χ0) is 17.8. The van der Waals surface area contributed by atoms with Crippen LogP contribution in [-0.4, -0.2) is 26.8 Å². The summed E-state index contributed by atoms with van der Waals surface area (Å²) in [5.41, 5.74) is 1.19. The second-order valence-electron chi connectivity index (χ2n) is 5.49. The Labute approximate surface area is 145 Å². The van der Waals surface area contributed by atoms with E-state index in [0.717, 1.165) is 0 Å². The fourth-order valence-electron chi connectivity index (χ4n) is 2.68. The van der Waals surface area contributed by atoms with Crippen LogP contribution in [0.2, 0.25) is 0 Å². The maximum Gasteiger partial charge on any atom is 0.231 e. The molecule has 0 saturated carbocycles. The number of nitrogens with zero attached hydrogens (tertiary/aromatic N) is 1. The van der Waals surface area contributed by atoms with Crippen LogP contribution in [0.4, 0.5) is 0 Å². The van der Waals surface area contributed by atoms with Gasteiger partial charge in [-0.2, -0.15) is 5.26 Å². The Bertz CT molecular complexity index is 840. The SMILES string of the molecule is COc1ccc([C@@H](C#N)CC(=O)c2ccc3c(c2)OCO3)cc1OC. The Hall–Kier alpha value is -3.20. The molecule has 6 nitrogen and oxygen atoms in total. The molecule has 0 aromatic heterocycles. The van der Waals surface area contributed by atoms with Gasteiger partial charge in [0.1, 0.15) is 0 Å². The molecule has 0 saturated heterocycles. The van der Waals surface area contributed by atoms with Crippen molar-refractivity contribution >= 4 is 5.78 Å². The third-order valence-corrected chi connectivity index (χ3v) is 4.05. The van der Waals surface area contributed by atoms with E-state index in [2.05, 4.69) is 6.07 Å². The molecule has 0 fully saturated rings. The highest BCUT2D eigenvalue weighted by molar-refractivity contribution is 5.97. The van der Waals surface area contributed by atoms with Gasteiger partial charge in [-0.15, -0.1) is 0 Å². The third-order valence-electron chi connectivity index (χ3n) is 4.05. The fraction of sp³-hybridized carbons (Fsp3) is 0.263. The maximum absolute atomic E-state index is 12.6. The number of hydrogen-bond donors (Lipinski definition) is 0. The Balaban J connectivity index is 1.80. The molecule has 2 aromatic rings. The summed E-state index contributed by atoms with van der Waals surface area (Å²) < 4.78 is 21.0. The summed E-state index contributed by atoms with van der Waals surface area (Å²) in [6.45, 7) is 0.152. The predicted octanol–water partition coefficient (Wildman–Crippen LogP) is 3.31. The third kappa shape index (κ3) is 3.36. The van der Waals surface area contributed by atoms with Crippen LogP contribution in [0.25, 0.3) is 0 Å². The lowest BCUT2D eigenvalue weighted by Crippen LogP contribution is -2.07. The molecule has 1 aliphatic rings. The Kier molecular flexibility index (Phi) is 4.75. The van der Waals surface area contributed by atoms with Gasteiger partial charge in [0.2, 0.25) is 6.79 Å². The smallest absolute Gasteiger partial charge is 0.231 e. The van der Waals surface area contributed by atoms with Gasteiger partial charge in [-0.05, 0) is 35.9 Å². The van der Waals surface area contributed by atoms with E-state index in [9.17, 15) is 10.1 Å². The van der Waals surface area contributed by atoms with Gasteiger partial charge in [-0.25, -0.2) is 0 Å². The number of ketones is 1. The first-order chi connectivity index (χ1) is 12.2. The van der Waals surface area contributed by atoms with Gasteiger partial charge in [0.05, 0.1) is 26.2 Å². The highest BCUT2D eigenvalue weighted by Gasteiger charge is 2.21. The van der Waals surface area contributed by atoms with Gasteiger partial charge in [-0.3, -0.25) is 4.79 Å². The van der Waals surface area contributed by atoms with Crippen molar-refractivity contribution in [3.05, 3.63) is 47.5 Å². The number of hydrogen-bond acceptors (Lipinski definition) is 6. The molecule has 0 amide bonds. The molecule has 25 heavy (non-hydrogen) atoms. The summed E-state index contributed by atoms with van der Waals surface area (Å²) >= 11 is 0. The first-order valence-electron chi connectivity index (χ1n) is 7.70. The number of methoxy groups -OCH3 is 2. The fourth-order valence-corrected chi connectivity index (χ4v) is 2.68. The van der Waals surface area contributed by atoms with E-state index >= 15 is 0 Å². The Morgan fingerprint density at radius 3 is 2.60 bits per heavy atom. The predicted molar refractivity (Wildman–Crippen MR) is 89.4 cm³/mol. The average Bonchev–Trinajstić information content (AvgIpc) is 3.13. The van der Waals surface area contributed by atoms with Gasteiger partial charge in [0, 0.05) is 12.0 Å². The van der Waals surface area contributed by atoms with Crippen LogP contribution < -0.4 is 18.9 Å². The molecule has 2 aromatic carbocycles. The molecular formula is C19H17NO5. The molecule has 0 N–H and O–H groups in total. The van der Waals surface area contributed by atoms with Crippen LogP contribution >= 0.6 is 0 Å². The number of rotatable bonds is 6. The zero-order valence-corrected chi connectivity index (χ0v) is 13.9. The van der Waals surface area contributed by atoms with E-state index in [1.54, 1.807) is 43.5 Å². The summed E-state index contributed by atoms with van der Waals surface area (Å²) in [6.07, 6.45) is 0.0611. The molecular weight excluding hydrogens is 322 g/mol. The van der Waals surface area contributed by atoms with Crippen LogP contribution in [0.5, 0.6) is 23.0 Å². The minimum atomic E-state index is -0.585. The van der Waals surface area contributed by atoms with Crippen molar-refractivity contribution in [1.82, 2.24) is 0 Å². The standard InChI is InChI=1S/C19H17NO5/c1-22-16-5-3-12(8-18(16)23-2)14(10-20)7-15(21)13-4-6-17-19(9-13)25-11-24-17/h3-6,8-9,14H,7,11H2,1-2H3/t14-/m1/s1. The maximum atomic E-state index is 12.6. The number of carbonyl (C=O) groups excluding carboxylic acids is 1. The van der Waals surface area contributed by atoms with Crippen LogP contribution in [0, 0.1) is 11.3 Å². The molecule has 0 bridgehead atoms. The van der Waals surface area contributed by atoms with E-state index in [-0.39, 0.29) is 19.0 Å². The van der Waals surface area contributed by atoms with Crippen LogP contribution in [-0.2, 0) is 0 Å². The molecule has 0 spiro atoms. The topological polar surface area (TPSA) is 77.8 Å². The van der Waals surface area contributed by atoms with Crippen molar-refractivity contribution in [3.8, 4) is 29.1 Å². The molecule has 0 radical (unpaired) electrons. The lowest BCUT2D eigenvalue weighted by Gasteiger charge is -2.13. The van der Waals surface area contributed by atoms with E-state index < -0.39 is 5.92 Å². The minimum Gasteiger partial charge on any atom is -0.493 e. The van der Waals surface area contributed by atoms with Crippen LogP contribution in [0.1, 0.15) is 28.3 Å². The summed E-state index contributed by atoms with van der Waals surface area (Å²) in [7, 11) is 3.07. The van der Waals surface area contributed by atoms with Crippen molar-refractivity contribution in [2.75, 3.05) is 21.0 Å². The summed E-state index contributed by atoms with van der Waals surface area (Å²) in [5.74, 6) is 1.54. The molecule has 1 heterocycles. The Morgan fingerprint density at radius 2 is 1.88 bits per heavy atom. The molecule has 1 aliphatic heterocycles. The van der Waals surface area contributed by atoms with Crippen molar-refractivity contribution in [2.24, 2.45) is 0 Å². The monoisotopic (exact) mass is 339 g/mol. The minimum absolute atomic E-state index is 0.0611. The van der Waals surface area contributed by atoms with Crippen LogP contribution in [0.3, 0.4) is 0 Å². The summed E-state index contributed by atoms with van der Waals surface area (Å²) in [6, 6.07) is 12.4. The van der Waals surface area contributed by atoms with Crippen LogP contribution in [0.15, 0.2) is 36.4 Å². The van der Waals surface area contributed by atoms with E-state index in [1.165, 1.54) is 7.11 Å². The highest BCUT2D eigenvalue weighted by Crippen LogP contribution is 2.35. The van der Waals surface area contributed by atoms with Gasteiger partial charge in [0.15, 0.2) is 28.8 Å². The summed E-state index contributed by atoms with van der Waals surface area (Å²) in [4.78, 5) is 12.6. The van der Waals surface area contributed by atoms with E-state index in [1.807, 2.05) is 0 Å².